The Balaban J connectivity index is 3.01. The minimum absolute atomic E-state index is 0.236. The first-order chi connectivity index (χ1) is 8.05. The van der Waals surface area contributed by atoms with Crippen molar-refractivity contribution < 1.29 is 9.53 Å². The first-order valence-corrected chi connectivity index (χ1v) is 6.16. The van der Waals surface area contributed by atoms with Crippen molar-refractivity contribution in [3.05, 3.63) is 28.7 Å². The van der Waals surface area contributed by atoms with Crippen molar-refractivity contribution in [2.75, 3.05) is 19.0 Å². The van der Waals surface area contributed by atoms with Crippen molar-refractivity contribution in [2.45, 2.75) is 18.9 Å². The maximum absolute atomic E-state index is 11.6. The Bertz CT molecular complexity index is 398. The molecule has 17 heavy (non-hydrogen) atoms. The number of benzene rings is 1. The van der Waals surface area contributed by atoms with Crippen LogP contribution in [0.4, 0.5) is 5.69 Å². The van der Waals surface area contributed by atoms with Gasteiger partial charge in [0.25, 0.3) is 0 Å². The zero-order valence-corrected chi connectivity index (χ0v) is 11.6. The van der Waals surface area contributed by atoms with Crippen molar-refractivity contribution in [3.8, 4) is 0 Å². The number of nitrogens with one attached hydrogen (secondary N) is 1. The topological polar surface area (TPSA) is 64.3 Å². The average Bonchev–Trinajstić information content (AvgIpc) is 2.31. The summed E-state index contributed by atoms with van der Waals surface area (Å²) in [5, 5.41) is 3.16. The maximum Gasteiger partial charge on any atom is 0.245 e. The van der Waals surface area contributed by atoms with Gasteiger partial charge in [-0.25, -0.2) is 0 Å². The number of anilines is 1. The van der Waals surface area contributed by atoms with Crippen molar-refractivity contribution in [3.63, 3.8) is 0 Å². The molecule has 0 aliphatic rings. The van der Waals surface area contributed by atoms with Gasteiger partial charge in [-0.1, -0.05) is 19.1 Å². The average molecular weight is 301 g/mol. The van der Waals surface area contributed by atoms with Crippen LogP contribution in [0, 0.1) is 0 Å². The highest BCUT2D eigenvalue weighted by Crippen LogP contribution is 2.26. The minimum Gasteiger partial charge on any atom is -0.382 e. The predicted molar refractivity (Wildman–Crippen MR) is 71.9 cm³/mol. The van der Waals surface area contributed by atoms with E-state index in [-0.39, 0.29) is 6.61 Å². The molecule has 0 saturated heterocycles. The van der Waals surface area contributed by atoms with E-state index < -0.39 is 11.4 Å². The zero-order valence-electron chi connectivity index (χ0n) is 10.00. The van der Waals surface area contributed by atoms with E-state index in [1.54, 1.807) is 7.11 Å². The number of para-hydroxylation sites is 1. The molecule has 1 rings (SSSR count). The lowest BCUT2D eigenvalue weighted by Crippen LogP contribution is -2.53. The second-order valence-electron chi connectivity index (χ2n) is 3.84. The van der Waals surface area contributed by atoms with Gasteiger partial charge in [-0.15, -0.1) is 0 Å². The van der Waals surface area contributed by atoms with Crippen molar-refractivity contribution in [2.24, 2.45) is 5.73 Å². The molecule has 1 amide bonds. The molecule has 0 aromatic heterocycles. The Morgan fingerprint density at radius 1 is 1.53 bits per heavy atom. The maximum atomic E-state index is 11.6. The molecule has 1 unspecified atom stereocenters. The highest BCUT2D eigenvalue weighted by atomic mass is 79.9. The number of hydrogen-bond donors (Lipinski definition) is 2. The van der Waals surface area contributed by atoms with E-state index in [0.717, 1.165) is 10.2 Å². The lowest BCUT2D eigenvalue weighted by Gasteiger charge is -2.31. The van der Waals surface area contributed by atoms with Crippen LogP contribution in [0.3, 0.4) is 0 Å². The fourth-order valence-corrected chi connectivity index (χ4v) is 1.98. The van der Waals surface area contributed by atoms with Crippen LogP contribution < -0.4 is 11.1 Å². The summed E-state index contributed by atoms with van der Waals surface area (Å²) in [4.78, 5) is 11.6. The highest BCUT2D eigenvalue weighted by Gasteiger charge is 2.35. The van der Waals surface area contributed by atoms with E-state index >= 15 is 0 Å². The molecule has 5 heteroatoms. The third-order valence-corrected chi connectivity index (χ3v) is 3.41. The number of primary amides is 1. The van der Waals surface area contributed by atoms with Crippen LogP contribution in [-0.2, 0) is 9.53 Å². The number of amides is 1. The molecule has 4 nitrogen and oxygen atoms in total. The van der Waals surface area contributed by atoms with Crippen LogP contribution in [0.1, 0.15) is 13.3 Å². The second-order valence-corrected chi connectivity index (χ2v) is 4.69. The smallest absolute Gasteiger partial charge is 0.245 e. The summed E-state index contributed by atoms with van der Waals surface area (Å²) in [6.07, 6.45) is 0.553. The first-order valence-electron chi connectivity index (χ1n) is 5.37. The fourth-order valence-electron chi connectivity index (χ4n) is 1.60. The van der Waals surface area contributed by atoms with Crippen LogP contribution in [0.15, 0.2) is 28.7 Å². The number of ether oxygens (including phenoxy) is 1. The monoisotopic (exact) mass is 300 g/mol. The van der Waals surface area contributed by atoms with Gasteiger partial charge in [0.2, 0.25) is 5.91 Å². The molecule has 0 aliphatic carbocycles. The van der Waals surface area contributed by atoms with Crippen LogP contribution in [0.25, 0.3) is 0 Å². The normalized spacial score (nSPS) is 14.1. The lowest BCUT2D eigenvalue weighted by molar-refractivity contribution is -0.124. The van der Waals surface area contributed by atoms with E-state index in [2.05, 4.69) is 21.2 Å². The van der Waals surface area contributed by atoms with E-state index in [4.69, 9.17) is 10.5 Å². The molecule has 94 valence electrons. The van der Waals surface area contributed by atoms with Crippen molar-refractivity contribution >= 4 is 27.5 Å². The van der Waals surface area contributed by atoms with Crippen molar-refractivity contribution in [1.82, 2.24) is 0 Å². The summed E-state index contributed by atoms with van der Waals surface area (Å²) in [5.41, 5.74) is 5.42. The Kier molecular flexibility index (Phi) is 4.96. The summed E-state index contributed by atoms with van der Waals surface area (Å²) in [7, 11) is 1.55. The van der Waals surface area contributed by atoms with E-state index in [9.17, 15) is 4.79 Å². The zero-order chi connectivity index (χ0) is 12.9. The second kappa shape index (κ2) is 6.02. The molecule has 3 N–H and O–H groups in total. The standard InChI is InChI=1S/C12H17BrN2O2/c1-3-12(8-17-2,11(14)16)15-10-7-5-4-6-9(10)13/h4-7,15H,3,8H2,1-2H3,(H2,14,16). The van der Waals surface area contributed by atoms with Gasteiger partial charge < -0.3 is 15.8 Å². The van der Waals surface area contributed by atoms with Crippen LogP contribution in [0.2, 0.25) is 0 Å². The Hall–Kier alpha value is -1.07. The van der Waals surface area contributed by atoms with Crippen LogP contribution >= 0.6 is 15.9 Å². The molecule has 0 bridgehead atoms. The molecular weight excluding hydrogens is 284 g/mol. The third kappa shape index (κ3) is 3.20. The summed E-state index contributed by atoms with van der Waals surface area (Å²) in [5.74, 6) is -0.419. The fraction of sp³-hybridized carbons (Fsp3) is 0.417. The van der Waals surface area contributed by atoms with Crippen molar-refractivity contribution in [1.29, 1.82) is 0 Å². The third-order valence-electron chi connectivity index (χ3n) is 2.71. The lowest BCUT2D eigenvalue weighted by atomic mass is 9.95. The molecule has 0 fully saturated rings. The van der Waals surface area contributed by atoms with Gasteiger partial charge in [0.15, 0.2) is 0 Å². The Morgan fingerprint density at radius 2 is 2.18 bits per heavy atom. The van der Waals surface area contributed by atoms with E-state index in [1.165, 1.54) is 0 Å². The molecule has 0 radical (unpaired) electrons. The van der Waals surface area contributed by atoms with Gasteiger partial charge in [-0.05, 0) is 34.5 Å². The molecular formula is C12H17BrN2O2. The molecule has 0 heterocycles. The molecule has 1 aromatic rings. The van der Waals surface area contributed by atoms with Gasteiger partial charge in [0.1, 0.15) is 5.54 Å². The number of halogens is 1. The number of methoxy groups -OCH3 is 1. The molecule has 1 aromatic carbocycles. The van der Waals surface area contributed by atoms with Gasteiger partial charge in [0, 0.05) is 17.3 Å². The quantitative estimate of drug-likeness (QED) is 0.846. The number of carbonyl (C=O) groups is 1. The Morgan fingerprint density at radius 3 is 2.65 bits per heavy atom. The van der Waals surface area contributed by atoms with E-state index in [0.29, 0.717) is 6.42 Å². The van der Waals surface area contributed by atoms with Gasteiger partial charge in [0.05, 0.1) is 6.61 Å². The highest BCUT2D eigenvalue weighted by molar-refractivity contribution is 9.10. The summed E-state index contributed by atoms with van der Waals surface area (Å²) in [6.45, 7) is 2.13. The molecule has 1 atom stereocenters. The van der Waals surface area contributed by atoms with Gasteiger partial charge in [-0.3, -0.25) is 4.79 Å². The number of carbonyl (C=O) groups excluding carboxylic acids is 1. The summed E-state index contributed by atoms with van der Waals surface area (Å²) < 4.78 is 5.98. The first kappa shape index (κ1) is 14.0. The SMILES string of the molecule is CCC(COC)(Nc1ccccc1Br)C(N)=O. The van der Waals surface area contributed by atoms with E-state index in [1.807, 2.05) is 31.2 Å². The van der Waals surface area contributed by atoms with Crippen LogP contribution in [0.5, 0.6) is 0 Å². The minimum atomic E-state index is -0.876. The van der Waals surface area contributed by atoms with Crippen LogP contribution in [-0.4, -0.2) is 25.2 Å². The summed E-state index contributed by atoms with van der Waals surface area (Å²) in [6, 6.07) is 7.58. The molecule has 0 aliphatic heterocycles. The number of nitrogens with two attached hydrogens (primary N) is 1. The number of hydrogen-bond acceptors (Lipinski definition) is 3. The predicted octanol–water partition coefficient (Wildman–Crippen LogP) is 2.14. The Labute approximate surface area is 110 Å². The van der Waals surface area contributed by atoms with Gasteiger partial charge in [-0.2, -0.15) is 0 Å². The molecule has 0 spiro atoms. The molecule has 0 saturated carbocycles. The van der Waals surface area contributed by atoms with Gasteiger partial charge >= 0.3 is 0 Å². The largest absolute Gasteiger partial charge is 0.382 e. The number of rotatable bonds is 6. The summed E-state index contributed by atoms with van der Waals surface area (Å²) >= 11 is 3.42.